The van der Waals surface area contributed by atoms with Crippen LogP contribution in [0.15, 0.2) is 69.9 Å². The maximum atomic E-state index is 13.9. The number of amides is 1. The molecule has 2 aromatic rings. The second-order valence-electron chi connectivity index (χ2n) is 3.53. The quantitative estimate of drug-likeness (QED) is 0.781. The molecule has 2 rings (SSSR count). The molecule has 0 aromatic heterocycles. The summed E-state index contributed by atoms with van der Waals surface area (Å²) in [5.41, 5.74) is 0.207. The Labute approximate surface area is 105 Å². The summed E-state index contributed by atoms with van der Waals surface area (Å²) in [5.74, 6) is -0.827. The molecule has 18 heavy (non-hydrogen) atoms. The molecule has 1 atom stereocenters. The number of rotatable bonds is 2. The zero-order valence-electron chi connectivity index (χ0n) is 9.32. The Morgan fingerprint density at radius 2 is 1.44 bits per heavy atom. The molecule has 92 valence electrons. The first-order chi connectivity index (χ1) is 8.59. The van der Waals surface area contributed by atoms with E-state index in [4.69, 9.17) is 0 Å². The van der Waals surface area contributed by atoms with E-state index in [1.54, 1.807) is 24.3 Å². The minimum absolute atomic E-state index is 0.103. The Bertz CT molecular complexity index is 662. The zero-order chi connectivity index (χ0) is 13.0. The molecule has 0 saturated heterocycles. The van der Waals surface area contributed by atoms with Crippen LogP contribution < -0.4 is 0 Å². The monoisotopic (exact) mass is 263 g/mol. The number of hydrogen-bond acceptors (Lipinski definition) is 2. The number of benzene rings is 2. The van der Waals surface area contributed by atoms with Crippen LogP contribution >= 0.6 is 0 Å². The standard InChI is InChI=1S/C13H10FNO2S/c14-18(17,12-9-5-2-6-10-12)15-13(16)11-7-3-1-4-8-11/h1-10H. The number of halogens is 1. The summed E-state index contributed by atoms with van der Waals surface area (Å²) in [6.45, 7) is 0. The molecule has 0 N–H and O–H groups in total. The average molecular weight is 263 g/mol. The summed E-state index contributed by atoms with van der Waals surface area (Å²) >= 11 is 0. The Morgan fingerprint density at radius 1 is 0.944 bits per heavy atom. The second kappa shape index (κ2) is 5.10. The van der Waals surface area contributed by atoms with Crippen molar-refractivity contribution < 1.29 is 12.9 Å². The first-order valence-corrected chi connectivity index (χ1v) is 6.62. The molecule has 0 saturated carbocycles. The molecule has 1 unspecified atom stereocenters. The number of carbonyl (C=O) groups excluding carboxylic acids is 1. The maximum Gasteiger partial charge on any atom is 0.287 e. The van der Waals surface area contributed by atoms with E-state index in [0.29, 0.717) is 0 Å². The van der Waals surface area contributed by atoms with E-state index >= 15 is 0 Å². The van der Waals surface area contributed by atoms with Crippen LogP contribution in [0.5, 0.6) is 0 Å². The molecule has 2 aromatic carbocycles. The van der Waals surface area contributed by atoms with Crippen LogP contribution in [0.4, 0.5) is 3.89 Å². The smallest absolute Gasteiger partial charge is 0.266 e. The molecular formula is C13H10FNO2S. The van der Waals surface area contributed by atoms with E-state index in [1.165, 1.54) is 36.4 Å². The van der Waals surface area contributed by atoms with Crippen LogP contribution in [-0.2, 0) is 10.1 Å². The first-order valence-electron chi connectivity index (χ1n) is 5.21. The van der Waals surface area contributed by atoms with Crippen LogP contribution in [0.25, 0.3) is 0 Å². The van der Waals surface area contributed by atoms with Crippen molar-refractivity contribution in [2.75, 3.05) is 0 Å². The molecule has 0 spiro atoms. The molecule has 0 aliphatic heterocycles. The summed E-state index contributed by atoms with van der Waals surface area (Å²) in [6.07, 6.45) is 0. The molecule has 0 bridgehead atoms. The SMILES string of the molecule is O=C(N=S(=O)(F)c1ccccc1)c1ccccc1. The highest BCUT2D eigenvalue weighted by atomic mass is 32.3. The van der Waals surface area contributed by atoms with Gasteiger partial charge in [0.05, 0.1) is 4.90 Å². The van der Waals surface area contributed by atoms with Gasteiger partial charge in [-0.2, -0.15) is 0 Å². The van der Waals surface area contributed by atoms with Crippen molar-refractivity contribution in [3.8, 4) is 0 Å². The lowest BCUT2D eigenvalue weighted by atomic mass is 10.2. The molecule has 0 aliphatic carbocycles. The lowest BCUT2D eigenvalue weighted by Gasteiger charge is -1.99. The van der Waals surface area contributed by atoms with Crippen LogP contribution in [0, 0.1) is 0 Å². The molecule has 0 radical (unpaired) electrons. The summed E-state index contributed by atoms with van der Waals surface area (Å²) in [4.78, 5) is 11.5. The van der Waals surface area contributed by atoms with Gasteiger partial charge in [-0.05, 0) is 24.3 Å². The summed E-state index contributed by atoms with van der Waals surface area (Å²) in [5, 5.41) is 0. The molecule has 0 aliphatic rings. The van der Waals surface area contributed by atoms with E-state index in [2.05, 4.69) is 4.36 Å². The van der Waals surface area contributed by atoms with Gasteiger partial charge in [-0.15, -0.1) is 8.25 Å². The van der Waals surface area contributed by atoms with Gasteiger partial charge in [-0.3, -0.25) is 4.79 Å². The van der Waals surface area contributed by atoms with Crippen molar-refractivity contribution in [1.82, 2.24) is 0 Å². The van der Waals surface area contributed by atoms with Crippen molar-refractivity contribution in [3.63, 3.8) is 0 Å². The number of carbonyl (C=O) groups is 1. The highest BCUT2D eigenvalue weighted by molar-refractivity contribution is 7.89. The van der Waals surface area contributed by atoms with Crippen LogP contribution in [0.1, 0.15) is 10.4 Å². The third-order valence-electron chi connectivity index (χ3n) is 2.25. The molecular weight excluding hydrogens is 253 g/mol. The summed E-state index contributed by atoms with van der Waals surface area (Å²) in [7, 11) is -4.18. The van der Waals surface area contributed by atoms with E-state index in [9.17, 15) is 12.9 Å². The van der Waals surface area contributed by atoms with Gasteiger partial charge in [0.15, 0.2) is 0 Å². The summed E-state index contributed by atoms with van der Waals surface area (Å²) in [6, 6.07) is 15.4. The van der Waals surface area contributed by atoms with Crippen molar-refractivity contribution >= 4 is 16.0 Å². The maximum absolute atomic E-state index is 13.9. The third-order valence-corrected chi connectivity index (χ3v) is 3.51. The third kappa shape index (κ3) is 2.81. The Kier molecular flexibility index (Phi) is 3.53. The predicted molar refractivity (Wildman–Crippen MR) is 67.2 cm³/mol. The van der Waals surface area contributed by atoms with E-state index in [1.807, 2.05) is 0 Å². The fourth-order valence-electron chi connectivity index (χ4n) is 1.38. The van der Waals surface area contributed by atoms with Crippen molar-refractivity contribution in [2.45, 2.75) is 4.90 Å². The Hall–Kier alpha value is -2.01. The van der Waals surface area contributed by atoms with E-state index in [0.717, 1.165) is 0 Å². The Balaban J connectivity index is 2.40. The highest BCUT2D eigenvalue weighted by Crippen LogP contribution is 2.16. The Morgan fingerprint density at radius 3 is 2.00 bits per heavy atom. The second-order valence-corrected chi connectivity index (χ2v) is 5.10. The molecule has 3 nitrogen and oxygen atoms in total. The van der Waals surface area contributed by atoms with Gasteiger partial charge in [-0.1, -0.05) is 36.4 Å². The van der Waals surface area contributed by atoms with Gasteiger partial charge < -0.3 is 0 Å². The zero-order valence-corrected chi connectivity index (χ0v) is 10.1. The van der Waals surface area contributed by atoms with Crippen molar-refractivity contribution in [2.24, 2.45) is 4.36 Å². The first kappa shape index (κ1) is 12.4. The van der Waals surface area contributed by atoms with Crippen molar-refractivity contribution in [1.29, 1.82) is 0 Å². The largest absolute Gasteiger partial charge is 0.287 e. The normalized spacial score (nSPS) is 13.6. The average Bonchev–Trinajstić information content (AvgIpc) is 2.40. The van der Waals surface area contributed by atoms with E-state index < -0.39 is 16.0 Å². The highest BCUT2D eigenvalue weighted by Gasteiger charge is 2.14. The van der Waals surface area contributed by atoms with Gasteiger partial charge in [0.2, 0.25) is 10.1 Å². The number of nitrogens with zero attached hydrogens (tertiary/aromatic N) is 1. The molecule has 0 fully saturated rings. The minimum Gasteiger partial charge on any atom is -0.266 e. The lowest BCUT2D eigenvalue weighted by Crippen LogP contribution is -2.00. The van der Waals surface area contributed by atoms with Gasteiger partial charge in [-0.25, -0.2) is 4.21 Å². The van der Waals surface area contributed by atoms with Crippen LogP contribution in [-0.4, -0.2) is 10.1 Å². The molecule has 0 heterocycles. The summed E-state index contributed by atoms with van der Waals surface area (Å²) < 4.78 is 28.8. The van der Waals surface area contributed by atoms with Gasteiger partial charge >= 0.3 is 0 Å². The fraction of sp³-hybridized carbons (Fsp3) is 0. The lowest BCUT2D eigenvalue weighted by molar-refractivity contribution is 0.100. The number of hydrogen-bond donors (Lipinski definition) is 0. The van der Waals surface area contributed by atoms with Gasteiger partial charge in [0.1, 0.15) is 0 Å². The van der Waals surface area contributed by atoms with E-state index in [-0.39, 0.29) is 10.5 Å². The van der Waals surface area contributed by atoms with Crippen LogP contribution in [0.3, 0.4) is 0 Å². The topological polar surface area (TPSA) is 46.5 Å². The van der Waals surface area contributed by atoms with Gasteiger partial charge in [0, 0.05) is 5.56 Å². The van der Waals surface area contributed by atoms with Crippen LogP contribution in [0.2, 0.25) is 0 Å². The molecule has 1 amide bonds. The predicted octanol–water partition coefficient (Wildman–Crippen LogP) is 3.24. The molecule has 5 heteroatoms. The fourth-order valence-corrected chi connectivity index (χ4v) is 2.30. The minimum atomic E-state index is -4.18. The van der Waals surface area contributed by atoms with Crippen molar-refractivity contribution in [3.05, 3.63) is 66.2 Å². The van der Waals surface area contributed by atoms with Gasteiger partial charge in [0.25, 0.3) is 5.91 Å².